The molecule has 156 valence electrons. The van der Waals surface area contributed by atoms with Crippen molar-refractivity contribution in [2.75, 3.05) is 26.1 Å². The molecule has 9 nitrogen and oxygen atoms in total. The quantitative estimate of drug-likeness (QED) is 0.548. The van der Waals surface area contributed by atoms with Crippen LogP contribution in [0.15, 0.2) is 48.7 Å². The Labute approximate surface area is 177 Å². The second-order valence-electron chi connectivity index (χ2n) is 6.10. The number of benzene rings is 2. The molecule has 1 aromatic heterocycles. The number of nitrogens with zero attached hydrogens (tertiary/aromatic N) is 3. The second-order valence-corrected chi connectivity index (χ2v) is 6.51. The van der Waals surface area contributed by atoms with Crippen LogP contribution in [0.25, 0.3) is 0 Å². The molecule has 30 heavy (non-hydrogen) atoms. The molecule has 0 bridgehead atoms. The lowest BCUT2D eigenvalue weighted by molar-refractivity contribution is -0.119. The summed E-state index contributed by atoms with van der Waals surface area (Å²) in [5.41, 5.74) is 1.33. The van der Waals surface area contributed by atoms with Crippen LogP contribution in [0.3, 0.4) is 0 Å². The first-order chi connectivity index (χ1) is 14.5. The standard InChI is InChI=1S/C20H19ClN4O5/c1-28-17-9-18(29-2)15(8-14(17)21)22-19(26)12-30-20(27)16-11-25(24-23-16)10-13-6-4-3-5-7-13/h3-9,11H,10,12H2,1-2H3,(H,22,26). The number of anilines is 1. The van der Waals surface area contributed by atoms with Gasteiger partial charge in [0.2, 0.25) is 0 Å². The summed E-state index contributed by atoms with van der Waals surface area (Å²) in [5.74, 6) is -0.583. The Kier molecular flexibility index (Phi) is 6.87. The van der Waals surface area contributed by atoms with Crippen molar-refractivity contribution in [2.45, 2.75) is 6.54 Å². The summed E-state index contributed by atoms with van der Waals surface area (Å²) in [5, 5.41) is 10.6. The lowest BCUT2D eigenvalue weighted by Crippen LogP contribution is -2.21. The second kappa shape index (κ2) is 9.75. The van der Waals surface area contributed by atoms with Crippen LogP contribution in [-0.2, 0) is 16.1 Å². The first-order valence-corrected chi connectivity index (χ1v) is 9.20. The van der Waals surface area contributed by atoms with E-state index in [1.807, 2.05) is 30.3 Å². The molecule has 0 fully saturated rings. The van der Waals surface area contributed by atoms with E-state index >= 15 is 0 Å². The van der Waals surface area contributed by atoms with Gasteiger partial charge in [-0.1, -0.05) is 47.1 Å². The number of hydrogen-bond donors (Lipinski definition) is 1. The SMILES string of the molecule is COc1cc(OC)c(NC(=O)COC(=O)c2cn(Cc3ccccc3)nn2)cc1Cl. The molecule has 0 aliphatic rings. The molecule has 0 radical (unpaired) electrons. The minimum Gasteiger partial charge on any atom is -0.495 e. The van der Waals surface area contributed by atoms with E-state index in [1.165, 1.54) is 37.2 Å². The van der Waals surface area contributed by atoms with E-state index in [1.54, 1.807) is 0 Å². The van der Waals surface area contributed by atoms with E-state index in [9.17, 15) is 9.59 Å². The zero-order chi connectivity index (χ0) is 21.5. The molecule has 2 aromatic carbocycles. The molecule has 0 aliphatic heterocycles. The van der Waals surface area contributed by atoms with E-state index in [4.69, 9.17) is 25.8 Å². The molecule has 0 spiro atoms. The summed E-state index contributed by atoms with van der Waals surface area (Å²) in [4.78, 5) is 24.3. The highest BCUT2D eigenvalue weighted by Crippen LogP contribution is 2.35. The minimum atomic E-state index is -0.760. The summed E-state index contributed by atoms with van der Waals surface area (Å²) in [6.45, 7) is -0.0587. The van der Waals surface area contributed by atoms with Crippen molar-refractivity contribution in [1.29, 1.82) is 0 Å². The molecular weight excluding hydrogens is 412 g/mol. The number of carbonyl (C=O) groups excluding carboxylic acids is 2. The minimum absolute atomic E-state index is 0.00352. The Bertz CT molecular complexity index is 1040. The third-order valence-electron chi connectivity index (χ3n) is 4.02. The molecule has 10 heteroatoms. The highest BCUT2D eigenvalue weighted by Gasteiger charge is 2.17. The Morgan fingerprint density at radius 2 is 1.83 bits per heavy atom. The van der Waals surface area contributed by atoms with Gasteiger partial charge in [-0.05, 0) is 11.6 Å². The van der Waals surface area contributed by atoms with Crippen LogP contribution in [0, 0.1) is 0 Å². The first-order valence-electron chi connectivity index (χ1n) is 8.82. The third kappa shape index (κ3) is 5.26. The molecule has 0 atom stereocenters. The van der Waals surface area contributed by atoms with Gasteiger partial charge >= 0.3 is 5.97 Å². The number of hydrogen-bond acceptors (Lipinski definition) is 7. The van der Waals surface area contributed by atoms with E-state index in [-0.39, 0.29) is 5.69 Å². The number of amides is 1. The van der Waals surface area contributed by atoms with Crippen molar-refractivity contribution in [2.24, 2.45) is 0 Å². The van der Waals surface area contributed by atoms with Gasteiger partial charge in [0.15, 0.2) is 12.3 Å². The molecule has 1 N–H and O–H groups in total. The van der Waals surface area contributed by atoms with Crippen molar-refractivity contribution in [3.63, 3.8) is 0 Å². The molecule has 3 rings (SSSR count). The fourth-order valence-electron chi connectivity index (χ4n) is 2.59. The van der Waals surface area contributed by atoms with Gasteiger partial charge < -0.3 is 19.5 Å². The van der Waals surface area contributed by atoms with Gasteiger partial charge in [-0.25, -0.2) is 9.48 Å². The van der Waals surface area contributed by atoms with E-state index in [0.29, 0.717) is 28.8 Å². The topological polar surface area (TPSA) is 105 Å². The highest BCUT2D eigenvalue weighted by molar-refractivity contribution is 6.32. The zero-order valence-electron chi connectivity index (χ0n) is 16.3. The van der Waals surface area contributed by atoms with Crippen LogP contribution in [0.1, 0.15) is 16.1 Å². The van der Waals surface area contributed by atoms with Gasteiger partial charge in [0.25, 0.3) is 5.91 Å². The maximum atomic E-state index is 12.2. The third-order valence-corrected chi connectivity index (χ3v) is 4.31. The van der Waals surface area contributed by atoms with Gasteiger partial charge in [0.1, 0.15) is 11.5 Å². The Balaban J connectivity index is 1.56. The maximum Gasteiger partial charge on any atom is 0.361 e. The van der Waals surface area contributed by atoms with Gasteiger partial charge in [-0.2, -0.15) is 0 Å². The fraction of sp³-hybridized carbons (Fsp3) is 0.200. The van der Waals surface area contributed by atoms with Crippen molar-refractivity contribution in [3.05, 3.63) is 64.9 Å². The predicted octanol–water partition coefficient (Wildman–Crippen LogP) is 2.79. The number of ether oxygens (including phenoxy) is 3. The summed E-state index contributed by atoms with van der Waals surface area (Å²) >= 11 is 6.08. The summed E-state index contributed by atoms with van der Waals surface area (Å²) in [6, 6.07) is 12.6. The molecule has 0 aliphatic carbocycles. The molecule has 0 saturated carbocycles. The fourth-order valence-corrected chi connectivity index (χ4v) is 2.83. The lowest BCUT2D eigenvalue weighted by atomic mass is 10.2. The van der Waals surface area contributed by atoms with Crippen LogP contribution in [-0.4, -0.2) is 47.7 Å². The van der Waals surface area contributed by atoms with Crippen LogP contribution in [0.5, 0.6) is 11.5 Å². The van der Waals surface area contributed by atoms with Crippen molar-refractivity contribution < 1.29 is 23.8 Å². The van der Waals surface area contributed by atoms with E-state index in [0.717, 1.165) is 5.56 Å². The number of nitrogens with one attached hydrogen (secondary N) is 1. The average Bonchev–Trinajstić information content (AvgIpc) is 3.21. The van der Waals surface area contributed by atoms with Gasteiger partial charge in [0.05, 0.1) is 37.7 Å². The van der Waals surface area contributed by atoms with Crippen molar-refractivity contribution in [3.8, 4) is 11.5 Å². The molecule has 3 aromatic rings. The summed E-state index contributed by atoms with van der Waals surface area (Å²) in [6.07, 6.45) is 1.46. The Morgan fingerprint density at radius 3 is 2.53 bits per heavy atom. The highest BCUT2D eigenvalue weighted by atomic mass is 35.5. The van der Waals surface area contributed by atoms with Crippen molar-refractivity contribution >= 4 is 29.2 Å². The molecular formula is C20H19ClN4O5. The van der Waals surface area contributed by atoms with Gasteiger partial charge in [-0.3, -0.25) is 4.79 Å². The number of rotatable bonds is 8. The van der Waals surface area contributed by atoms with E-state index < -0.39 is 18.5 Å². The normalized spacial score (nSPS) is 10.4. The van der Waals surface area contributed by atoms with Crippen LogP contribution < -0.4 is 14.8 Å². The lowest BCUT2D eigenvalue weighted by Gasteiger charge is -2.13. The molecule has 0 saturated heterocycles. The Morgan fingerprint density at radius 1 is 1.10 bits per heavy atom. The monoisotopic (exact) mass is 430 g/mol. The van der Waals surface area contributed by atoms with Crippen LogP contribution >= 0.6 is 11.6 Å². The molecule has 1 heterocycles. The summed E-state index contributed by atoms with van der Waals surface area (Å²) in [7, 11) is 2.91. The van der Waals surface area contributed by atoms with Crippen molar-refractivity contribution in [1.82, 2.24) is 15.0 Å². The number of aromatic nitrogens is 3. The number of methoxy groups -OCH3 is 2. The largest absolute Gasteiger partial charge is 0.495 e. The first kappa shape index (κ1) is 21.1. The average molecular weight is 431 g/mol. The number of carbonyl (C=O) groups is 2. The molecule has 1 amide bonds. The smallest absolute Gasteiger partial charge is 0.361 e. The predicted molar refractivity (Wildman–Crippen MR) is 109 cm³/mol. The van der Waals surface area contributed by atoms with E-state index in [2.05, 4.69) is 15.6 Å². The van der Waals surface area contributed by atoms with Gasteiger partial charge in [-0.15, -0.1) is 5.10 Å². The number of esters is 1. The summed E-state index contributed by atoms with van der Waals surface area (Å²) < 4.78 is 16.8. The van der Waals surface area contributed by atoms with Crippen LogP contribution in [0.4, 0.5) is 5.69 Å². The maximum absolute atomic E-state index is 12.2. The Hall–Kier alpha value is -3.59. The van der Waals surface area contributed by atoms with Gasteiger partial charge in [0, 0.05) is 6.07 Å². The zero-order valence-corrected chi connectivity index (χ0v) is 17.0. The molecule has 0 unspecified atom stereocenters. The number of halogens is 1. The van der Waals surface area contributed by atoms with Crippen LogP contribution in [0.2, 0.25) is 5.02 Å².